The van der Waals surface area contributed by atoms with Crippen LogP contribution >= 0.6 is 0 Å². The minimum absolute atomic E-state index is 0.140. The Hall–Kier alpha value is -3.32. The van der Waals surface area contributed by atoms with E-state index in [1.807, 2.05) is 36.5 Å². The zero-order valence-electron chi connectivity index (χ0n) is 18.9. The van der Waals surface area contributed by atoms with Crippen LogP contribution in [0.4, 0.5) is 0 Å². The van der Waals surface area contributed by atoms with Gasteiger partial charge in [0.05, 0.1) is 19.0 Å². The van der Waals surface area contributed by atoms with E-state index in [4.69, 9.17) is 9.47 Å². The first-order valence-electron chi connectivity index (χ1n) is 10.9. The normalized spacial score (nSPS) is 13.7. The molecule has 168 valence electrons. The number of carbonyl (C=O) groups is 1. The smallest absolute Gasteiger partial charge is 0.222 e. The molecule has 2 heterocycles. The molecule has 1 N–H and O–H groups in total. The van der Waals surface area contributed by atoms with Crippen molar-refractivity contribution in [3.63, 3.8) is 0 Å². The molecule has 2 aromatic carbocycles. The summed E-state index contributed by atoms with van der Waals surface area (Å²) in [5.74, 6) is 1.88. The summed E-state index contributed by atoms with van der Waals surface area (Å²) in [5, 5.41) is 7.44. The number of hydrogen-bond acceptors (Lipinski definition) is 5. The van der Waals surface area contributed by atoms with Crippen molar-refractivity contribution in [2.75, 3.05) is 34.4 Å². The van der Waals surface area contributed by atoms with E-state index in [2.05, 4.69) is 27.2 Å². The van der Waals surface area contributed by atoms with Crippen LogP contribution in [0, 0.1) is 0 Å². The fourth-order valence-electron chi connectivity index (χ4n) is 4.02. The first kappa shape index (κ1) is 21.9. The molecule has 0 unspecified atom stereocenters. The van der Waals surface area contributed by atoms with Crippen LogP contribution in [-0.2, 0) is 24.3 Å². The summed E-state index contributed by atoms with van der Waals surface area (Å²) >= 11 is 0. The second-order valence-electron chi connectivity index (χ2n) is 8.26. The third-order valence-electron chi connectivity index (χ3n) is 5.80. The van der Waals surface area contributed by atoms with E-state index in [9.17, 15) is 4.79 Å². The van der Waals surface area contributed by atoms with Gasteiger partial charge in [-0.15, -0.1) is 0 Å². The van der Waals surface area contributed by atoms with Gasteiger partial charge in [-0.2, -0.15) is 5.10 Å². The number of fused-ring (bicyclic) bond motifs is 1. The summed E-state index contributed by atoms with van der Waals surface area (Å²) in [7, 11) is 5.27. The van der Waals surface area contributed by atoms with Gasteiger partial charge in [-0.25, -0.2) is 0 Å². The maximum absolute atomic E-state index is 12.0. The van der Waals surface area contributed by atoms with Crippen LogP contribution in [0.1, 0.15) is 23.1 Å². The molecule has 32 heavy (non-hydrogen) atoms. The number of rotatable bonds is 7. The van der Waals surface area contributed by atoms with Gasteiger partial charge in [-0.3, -0.25) is 14.8 Å². The van der Waals surface area contributed by atoms with E-state index in [0.29, 0.717) is 13.0 Å². The van der Waals surface area contributed by atoms with Crippen LogP contribution in [0.5, 0.6) is 11.5 Å². The second kappa shape index (κ2) is 9.87. The Balaban J connectivity index is 1.50. The zero-order valence-corrected chi connectivity index (χ0v) is 18.9. The number of amides is 1. The number of nitrogens with one attached hydrogen (secondary N) is 1. The van der Waals surface area contributed by atoms with Crippen molar-refractivity contribution in [3.8, 4) is 22.8 Å². The number of methoxy groups -OCH3 is 1. The predicted molar refractivity (Wildman–Crippen MR) is 124 cm³/mol. The van der Waals surface area contributed by atoms with E-state index in [0.717, 1.165) is 65.5 Å². The highest BCUT2D eigenvalue weighted by molar-refractivity contribution is 5.75. The molecule has 0 saturated carbocycles. The quantitative estimate of drug-likeness (QED) is 0.616. The van der Waals surface area contributed by atoms with E-state index in [-0.39, 0.29) is 5.91 Å². The Morgan fingerprint density at radius 2 is 2.09 bits per heavy atom. The fourth-order valence-corrected chi connectivity index (χ4v) is 4.02. The molecule has 0 bridgehead atoms. The SMILES string of the molecule is COc1ccccc1-c1[nH]ncc1CN1CCOc2ccc(CCC(=O)N(C)C)cc2C1. The molecule has 0 aliphatic carbocycles. The van der Waals surface area contributed by atoms with Crippen molar-refractivity contribution < 1.29 is 14.3 Å². The van der Waals surface area contributed by atoms with Crippen molar-refractivity contribution in [1.82, 2.24) is 20.0 Å². The molecule has 7 nitrogen and oxygen atoms in total. The van der Waals surface area contributed by atoms with Crippen LogP contribution in [0.25, 0.3) is 11.3 Å². The Labute approximate surface area is 188 Å². The number of carbonyl (C=O) groups excluding carboxylic acids is 1. The molecule has 1 aliphatic rings. The summed E-state index contributed by atoms with van der Waals surface area (Å²) in [6, 6.07) is 14.2. The fraction of sp³-hybridized carbons (Fsp3) is 0.360. The average molecular weight is 435 g/mol. The van der Waals surface area contributed by atoms with E-state index < -0.39 is 0 Å². The van der Waals surface area contributed by atoms with Crippen LogP contribution in [0.3, 0.4) is 0 Å². The van der Waals surface area contributed by atoms with Crippen LogP contribution in [-0.4, -0.2) is 60.3 Å². The van der Waals surface area contributed by atoms with Gasteiger partial charge in [0.15, 0.2) is 0 Å². The van der Waals surface area contributed by atoms with Crippen LogP contribution in [0.15, 0.2) is 48.7 Å². The van der Waals surface area contributed by atoms with Crippen LogP contribution in [0.2, 0.25) is 0 Å². The minimum atomic E-state index is 0.140. The molecule has 7 heteroatoms. The molecule has 1 aliphatic heterocycles. The first-order valence-corrected chi connectivity index (χ1v) is 10.9. The summed E-state index contributed by atoms with van der Waals surface area (Å²) in [5.41, 5.74) is 5.40. The molecule has 0 radical (unpaired) electrons. The first-order chi connectivity index (χ1) is 15.5. The van der Waals surface area contributed by atoms with Gasteiger partial charge >= 0.3 is 0 Å². The number of nitrogens with zero attached hydrogens (tertiary/aromatic N) is 3. The maximum Gasteiger partial charge on any atom is 0.222 e. The number of H-pyrrole nitrogens is 1. The Kier molecular flexibility index (Phi) is 6.75. The lowest BCUT2D eigenvalue weighted by atomic mass is 10.0. The molecule has 0 spiro atoms. The molecule has 4 rings (SSSR count). The number of hydrogen-bond donors (Lipinski definition) is 1. The molecule has 0 atom stereocenters. The average Bonchev–Trinajstić information content (AvgIpc) is 3.16. The van der Waals surface area contributed by atoms with Gasteiger partial charge in [-0.1, -0.05) is 24.3 Å². The van der Waals surface area contributed by atoms with Gasteiger partial charge in [0.25, 0.3) is 0 Å². The summed E-state index contributed by atoms with van der Waals surface area (Å²) in [4.78, 5) is 16.0. The predicted octanol–water partition coefficient (Wildman–Crippen LogP) is 3.50. The lowest BCUT2D eigenvalue weighted by Crippen LogP contribution is -2.25. The Morgan fingerprint density at radius 3 is 2.91 bits per heavy atom. The van der Waals surface area contributed by atoms with E-state index in [1.165, 1.54) is 0 Å². The van der Waals surface area contributed by atoms with E-state index in [1.54, 1.807) is 26.1 Å². The van der Waals surface area contributed by atoms with Crippen molar-refractivity contribution in [2.45, 2.75) is 25.9 Å². The molecule has 1 aromatic heterocycles. The highest BCUT2D eigenvalue weighted by Crippen LogP contribution is 2.32. The zero-order chi connectivity index (χ0) is 22.5. The Morgan fingerprint density at radius 1 is 1.25 bits per heavy atom. The van der Waals surface area contributed by atoms with Gasteiger partial charge in [0.1, 0.15) is 18.1 Å². The van der Waals surface area contributed by atoms with Crippen molar-refractivity contribution >= 4 is 5.91 Å². The number of aromatic amines is 1. The third kappa shape index (κ3) is 4.94. The minimum Gasteiger partial charge on any atom is -0.496 e. The third-order valence-corrected chi connectivity index (χ3v) is 5.80. The molecule has 3 aromatic rings. The molecule has 1 amide bonds. The lowest BCUT2D eigenvalue weighted by Gasteiger charge is -2.20. The van der Waals surface area contributed by atoms with Gasteiger partial charge in [0.2, 0.25) is 5.91 Å². The Bertz CT molecular complexity index is 1080. The van der Waals surface area contributed by atoms with Gasteiger partial charge in [0, 0.05) is 56.8 Å². The largest absolute Gasteiger partial charge is 0.496 e. The number of benzene rings is 2. The standard InChI is InChI=1S/C25H30N4O3/c1-28(2)24(30)11-9-18-8-10-22-19(14-18)16-29(12-13-32-22)17-20-15-26-27-25(20)21-6-4-5-7-23(21)31-3/h4-8,10,14-15H,9,11-13,16-17H2,1-3H3,(H,26,27). The topological polar surface area (TPSA) is 70.7 Å². The van der Waals surface area contributed by atoms with Crippen molar-refractivity contribution in [2.24, 2.45) is 0 Å². The lowest BCUT2D eigenvalue weighted by molar-refractivity contribution is -0.128. The van der Waals surface area contributed by atoms with Gasteiger partial charge in [-0.05, 0) is 30.2 Å². The number of ether oxygens (including phenoxy) is 2. The molecule has 0 fully saturated rings. The van der Waals surface area contributed by atoms with Crippen molar-refractivity contribution in [3.05, 3.63) is 65.4 Å². The number of para-hydroxylation sites is 1. The second-order valence-corrected chi connectivity index (χ2v) is 8.26. The highest BCUT2D eigenvalue weighted by Gasteiger charge is 2.19. The molecular formula is C25H30N4O3. The number of aryl methyl sites for hydroxylation is 1. The monoisotopic (exact) mass is 434 g/mol. The highest BCUT2D eigenvalue weighted by atomic mass is 16.5. The maximum atomic E-state index is 12.0. The summed E-state index contributed by atoms with van der Waals surface area (Å²) in [6.45, 7) is 2.98. The number of aromatic nitrogens is 2. The van der Waals surface area contributed by atoms with Crippen molar-refractivity contribution in [1.29, 1.82) is 0 Å². The van der Waals surface area contributed by atoms with Gasteiger partial charge < -0.3 is 14.4 Å². The molecular weight excluding hydrogens is 404 g/mol. The van der Waals surface area contributed by atoms with E-state index >= 15 is 0 Å². The summed E-state index contributed by atoms with van der Waals surface area (Å²) in [6.07, 6.45) is 3.12. The van der Waals surface area contributed by atoms with Crippen LogP contribution < -0.4 is 9.47 Å². The summed E-state index contributed by atoms with van der Waals surface area (Å²) < 4.78 is 11.5. The molecule has 0 saturated heterocycles.